The van der Waals surface area contributed by atoms with Crippen LogP contribution in [-0.2, 0) is 36.1 Å². The van der Waals surface area contributed by atoms with Gasteiger partial charge in [0.1, 0.15) is 29.7 Å². The van der Waals surface area contributed by atoms with Gasteiger partial charge in [0.05, 0.1) is 70.1 Å². The minimum atomic E-state index is -3.65. The lowest BCUT2D eigenvalue weighted by molar-refractivity contribution is 0.0179. The Morgan fingerprint density at radius 3 is 2.14 bits per heavy atom. The van der Waals surface area contributed by atoms with Crippen LogP contribution < -0.4 is 34.3 Å². The van der Waals surface area contributed by atoms with Crippen LogP contribution in [0.3, 0.4) is 0 Å². The van der Waals surface area contributed by atoms with Gasteiger partial charge in [-0.2, -0.15) is 4.98 Å². The first-order valence-corrected chi connectivity index (χ1v) is 21.0. The molecule has 0 aliphatic carbocycles. The third-order valence-electron chi connectivity index (χ3n) is 8.65. The van der Waals surface area contributed by atoms with E-state index in [9.17, 15) is 13.2 Å². The van der Waals surface area contributed by atoms with Crippen LogP contribution in [0.5, 0.6) is 28.9 Å². The Morgan fingerprint density at radius 2 is 1.44 bits per heavy atom. The van der Waals surface area contributed by atoms with Crippen molar-refractivity contribution in [2.75, 3.05) is 82.1 Å². The maximum Gasteiger partial charge on any atom is 0.323 e. The van der Waals surface area contributed by atoms with E-state index in [0.29, 0.717) is 91.8 Å². The summed E-state index contributed by atoms with van der Waals surface area (Å²) in [6.07, 6.45) is 3.08. The Kier molecular flexibility index (Phi) is 15.7. The minimum absolute atomic E-state index is 0.205. The number of carbonyl (C=O) groups excluding carboxylic acids is 1. The minimum Gasteiger partial charge on any atom is -0.497 e. The number of ether oxygens (including phenoxy) is 7. The summed E-state index contributed by atoms with van der Waals surface area (Å²) in [6, 6.07) is 21.2. The summed E-state index contributed by atoms with van der Waals surface area (Å²) in [5.74, 6) is 2.84. The van der Waals surface area contributed by atoms with Crippen molar-refractivity contribution in [1.82, 2.24) is 9.97 Å². The number of rotatable bonds is 21. The summed E-state index contributed by atoms with van der Waals surface area (Å²) >= 11 is 0. The van der Waals surface area contributed by atoms with E-state index in [2.05, 4.69) is 25.3 Å². The Labute approximate surface area is 345 Å². The maximum atomic E-state index is 13.6. The van der Waals surface area contributed by atoms with E-state index in [1.165, 1.54) is 0 Å². The fourth-order valence-electron chi connectivity index (χ4n) is 5.91. The van der Waals surface area contributed by atoms with E-state index in [1.807, 2.05) is 63.2 Å². The molecule has 0 aliphatic rings. The number of sulfonamides is 1. The fourth-order valence-corrected chi connectivity index (χ4v) is 6.46. The lowest BCUT2D eigenvalue weighted by atomic mass is 9.86. The quantitative estimate of drug-likeness (QED) is 0.0613. The summed E-state index contributed by atoms with van der Waals surface area (Å²) in [4.78, 5) is 22.8. The Hall–Kier alpha value is -5.68. The first-order chi connectivity index (χ1) is 28.3. The first kappa shape index (κ1) is 44.4. The van der Waals surface area contributed by atoms with Gasteiger partial charge in [-0.05, 0) is 59.9 Å². The third kappa shape index (κ3) is 13.4. The molecular formula is C43H53N5O10S. The van der Waals surface area contributed by atoms with E-state index in [1.54, 1.807) is 57.7 Å². The summed E-state index contributed by atoms with van der Waals surface area (Å²) in [6.45, 7) is 10.8. The number of aromatic nitrogens is 2. The second-order valence-electron chi connectivity index (χ2n) is 14.4. The summed E-state index contributed by atoms with van der Waals surface area (Å²) in [7, 11) is -0.423. The standard InChI is InChI=1S/C43H53N5O10S/c1-8-56-41-36(26-30(43(2,3)4)27-37(41)48-59(7,50)51)46-42(49)45-35-13-14-38(34-12-10-9-11-33(34)35)58-40-15-16-44-39(47-40)25-29-23-31(53-6)28-32(24-29)57-22-21-55-20-19-54-18-17-52-5/h9-16,23-24,26-28,48H,8,17-22,25H2,1-7H3,(H2,45,46,49). The van der Waals surface area contributed by atoms with Crippen LogP contribution in [0.4, 0.5) is 21.9 Å². The third-order valence-corrected chi connectivity index (χ3v) is 9.24. The number of methoxy groups -OCH3 is 2. The number of urea groups is 1. The van der Waals surface area contributed by atoms with Crippen molar-refractivity contribution in [1.29, 1.82) is 0 Å². The van der Waals surface area contributed by atoms with Gasteiger partial charge < -0.3 is 43.8 Å². The number of carbonyl (C=O) groups is 1. The molecule has 0 fully saturated rings. The second-order valence-corrected chi connectivity index (χ2v) is 16.1. The predicted molar refractivity (Wildman–Crippen MR) is 228 cm³/mol. The van der Waals surface area contributed by atoms with Crippen LogP contribution in [0.25, 0.3) is 10.8 Å². The molecule has 2 amide bonds. The molecule has 0 atom stereocenters. The highest BCUT2D eigenvalue weighted by molar-refractivity contribution is 7.92. The molecule has 0 aliphatic heterocycles. The van der Waals surface area contributed by atoms with Gasteiger partial charge in [0.2, 0.25) is 15.9 Å². The number of fused-ring (bicyclic) bond motifs is 1. The maximum absolute atomic E-state index is 13.6. The van der Waals surface area contributed by atoms with Crippen LogP contribution in [0.1, 0.15) is 44.6 Å². The molecule has 1 aromatic heterocycles. The van der Waals surface area contributed by atoms with E-state index < -0.39 is 16.1 Å². The Bertz CT molecular complexity index is 2300. The van der Waals surface area contributed by atoms with Crippen LogP contribution >= 0.6 is 0 Å². The molecule has 15 nitrogen and oxygen atoms in total. The summed E-state index contributed by atoms with van der Waals surface area (Å²) in [5, 5.41) is 7.26. The van der Waals surface area contributed by atoms with Crippen molar-refractivity contribution in [3.05, 3.63) is 95.9 Å². The van der Waals surface area contributed by atoms with Crippen molar-refractivity contribution in [3.8, 4) is 28.9 Å². The van der Waals surface area contributed by atoms with Crippen molar-refractivity contribution in [3.63, 3.8) is 0 Å². The largest absolute Gasteiger partial charge is 0.497 e. The van der Waals surface area contributed by atoms with Gasteiger partial charge in [0, 0.05) is 42.6 Å². The van der Waals surface area contributed by atoms with E-state index in [-0.39, 0.29) is 23.5 Å². The highest BCUT2D eigenvalue weighted by Gasteiger charge is 2.23. The highest BCUT2D eigenvalue weighted by atomic mass is 32.2. The molecule has 3 N–H and O–H groups in total. The summed E-state index contributed by atoms with van der Waals surface area (Å²) < 4.78 is 66.6. The van der Waals surface area contributed by atoms with Crippen molar-refractivity contribution in [2.24, 2.45) is 0 Å². The van der Waals surface area contributed by atoms with Crippen molar-refractivity contribution >= 4 is 43.9 Å². The zero-order valence-electron chi connectivity index (χ0n) is 34.5. The van der Waals surface area contributed by atoms with Gasteiger partial charge in [-0.3, -0.25) is 4.72 Å². The molecule has 4 aromatic carbocycles. The number of nitrogens with one attached hydrogen (secondary N) is 3. The molecule has 5 rings (SSSR count). The Balaban J connectivity index is 1.29. The molecule has 0 bridgehead atoms. The van der Waals surface area contributed by atoms with Crippen LogP contribution in [0.15, 0.2) is 79.0 Å². The summed E-state index contributed by atoms with van der Waals surface area (Å²) in [5.41, 5.74) is 2.36. The van der Waals surface area contributed by atoms with Crippen molar-refractivity contribution in [2.45, 2.75) is 39.5 Å². The fraction of sp³-hybridized carbons (Fsp3) is 0.372. The molecule has 0 radical (unpaired) electrons. The molecule has 0 spiro atoms. The van der Waals surface area contributed by atoms with Crippen LogP contribution in [0.2, 0.25) is 0 Å². The molecule has 59 heavy (non-hydrogen) atoms. The Morgan fingerprint density at radius 1 is 0.763 bits per heavy atom. The number of benzene rings is 4. The second kappa shape index (κ2) is 20.8. The van der Waals surface area contributed by atoms with Gasteiger partial charge in [-0.25, -0.2) is 18.2 Å². The molecule has 0 saturated heterocycles. The number of anilines is 3. The molecule has 0 unspecified atom stereocenters. The zero-order valence-corrected chi connectivity index (χ0v) is 35.4. The van der Waals surface area contributed by atoms with Gasteiger partial charge in [0.15, 0.2) is 5.75 Å². The van der Waals surface area contributed by atoms with Gasteiger partial charge in [-0.1, -0.05) is 45.0 Å². The van der Waals surface area contributed by atoms with Gasteiger partial charge in [-0.15, -0.1) is 0 Å². The highest BCUT2D eigenvalue weighted by Crippen LogP contribution is 2.40. The van der Waals surface area contributed by atoms with Crippen LogP contribution in [0, 0.1) is 0 Å². The predicted octanol–water partition coefficient (Wildman–Crippen LogP) is 7.79. The topological polar surface area (TPSA) is 178 Å². The normalized spacial score (nSPS) is 11.6. The average molecular weight is 832 g/mol. The zero-order chi connectivity index (χ0) is 42.4. The lowest BCUT2D eigenvalue weighted by Gasteiger charge is -2.24. The van der Waals surface area contributed by atoms with E-state index in [0.717, 1.165) is 22.8 Å². The first-order valence-electron chi connectivity index (χ1n) is 19.1. The molecular weight excluding hydrogens is 779 g/mol. The van der Waals surface area contributed by atoms with Crippen molar-refractivity contribution < 1.29 is 46.4 Å². The number of nitrogens with zero attached hydrogens (tertiary/aromatic N) is 2. The lowest BCUT2D eigenvalue weighted by Crippen LogP contribution is -2.22. The SMILES string of the molecule is CCOc1c(NC(=O)Nc2ccc(Oc3ccnc(Cc4cc(OC)cc(OCCOCCOCCOC)c4)n3)c3ccccc23)cc(C(C)(C)C)cc1NS(C)(=O)=O. The van der Waals surface area contributed by atoms with Gasteiger partial charge in [0.25, 0.3) is 0 Å². The molecule has 316 valence electrons. The van der Waals surface area contributed by atoms with Crippen LogP contribution in [-0.4, -0.2) is 91.1 Å². The molecule has 16 heteroatoms. The smallest absolute Gasteiger partial charge is 0.323 e. The monoisotopic (exact) mass is 831 g/mol. The van der Waals surface area contributed by atoms with Gasteiger partial charge >= 0.3 is 6.03 Å². The van der Waals surface area contributed by atoms with E-state index in [4.69, 9.17) is 33.2 Å². The molecule has 0 saturated carbocycles. The number of hydrogen-bond donors (Lipinski definition) is 3. The number of amides is 2. The van der Waals surface area contributed by atoms with E-state index >= 15 is 0 Å². The number of hydrogen-bond acceptors (Lipinski definition) is 12. The average Bonchev–Trinajstić information content (AvgIpc) is 3.18. The molecule has 1 heterocycles. The molecule has 5 aromatic rings.